The van der Waals surface area contributed by atoms with Crippen LogP contribution in [0.25, 0.3) is 0 Å². The standard InChI is InChI=1S/C21H26N6O5/c1-21(2,3)25(20(30)31)11-16-17-14(9-26(23-17)18(22)28)15-10-24(16)19(29)27(15)32-12-13-7-5-4-6-8-13/h4-9,15-16H,10-12H2,1-3H3,(H2,22,28)(H,30,31)/t15-,16-/m1/s1. The van der Waals surface area contributed by atoms with E-state index in [4.69, 9.17) is 10.6 Å². The zero-order valence-corrected chi connectivity index (χ0v) is 18.1. The van der Waals surface area contributed by atoms with E-state index in [-0.39, 0.29) is 25.7 Å². The third-order valence-electron chi connectivity index (χ3n) is 5.75. The van der Waals surface area contributed by atoms with Crippen LogP contribution < -0.4 is 5.73 Å². The number of carboxylic acid groups (broad SMARTS) is 1. The number of urea groups is 1. The Balaban J connectivity index is 1.68. The number of hydrogen-bond donors (Lipinski definition) is 2. The average molecular weight is 442 g/mol. The molecule has 1 aromatic heterocycles. The molecule has 3 heterocycles. The first-order chi connectivity index (χ1) is 15.1. The van der Waals surface area contributed by atoms with E-state index in [0.717, 1.165) is 10.2 Å². The van der Waals surface area contributed by atoms with Crippen molar-refractivity contribution in [2.24, 2.45) is 5.73 Å². The summed E-state index contributed by atoms with van der Waals surface area (Å²) in [4.78, 5) is 45.6. The molecule has 0 aliphatic carbocycles. The molecule has 1 fully saturated rings. The van der Waals surface area contributed by atoms with Crippen LogP contribution in [0.15, 0.2) is 36.5 Å². The molecule has 2 bridgehead atoms. The molecule has 2 atom stereocenters. The van der Waals surface area contributed by atoms with Gasteiger partial charge in [-0.05, 0) is 26.3 Å². The number of nitrogens with two attached hydrogens (primary N) is 1. The molecule has 11 nitrogen and oxygen atoms in total. The maximum Gasteiger partial charge on any atom is 0.407 e. The zero-order chi connectivity index (χ0) is 23.2. The minimum Gasteiger partial charge on any atom is -0.465 e. The number of hydrogen-bond acceptors (Lipinski definition) is 5. The number of carbonyl (C=O) groups excluding carboxylic acids is 2. The largest absolute Gasteiger partial charge is 0.465 e. The first-order valence-electron chi connectivity index (χ1n) is 10.2. The molecule has 1 saturated heterocycles. The molecule has 1 aromatic carbocycles. The van der Waals surface area contributed by atoms with Crippen LogP contribution in [-0.2, 0) is 11.4 Å². The van der Waals surface area contributed by atoms with Crippen molar-refractivity contribution >= 4 is 18.2 Å². The fraction of sp³-hybridized carbons (Fsp3) is 0.429. The van der Waals surface area contributed by atoms with Gasteiger partial charge in [-0.25, -0.2) is 14.4 Å². The summed E-state index contributed by atoms with van der Waals surface area (Å²) in [6.07, 6.45) is 0.381. The van der Waals surface area contributed by atoms with Crippen molar-refractivity contribution in [1.82, 2.24) is 24.6 Å². The molecule has 170 valence electrons. The van der Waals surface area contributed by atoms with Crippen LogP contribution in [0.5, 0.6) is 0 Å². The van der Waals surface area contributed by atoms with Crippen molar-refractivity contribution in [3.8, 4) is 0 Å². The highest BCUT2D eigenvalue weighted by Gasteiger charge is 2.51. The summed E-state index contributed by atoms with van der Waals surface area (Å²) >= 11 is 0. The van der Waals surface area contributed by atoms with Crippen molar-refractivity contribution in [1.29, 1.82) is 0 Å². The minimum absolute atomic E-state index is 0.00735. The molecule has 0 saturated carbocycles. The molecule has 0 radical (unpaired) electrons. The number of rotatable bonds is 5. The van der Waals surface area contributed by atoms with Crippen LogP contribution in [0.3, 0.4) is 0 Å². The molecule has 2 aromatic rings. The molecule has 3 N–H and O–H groups in total. The third kappa shape index (κ3) is 3.75. The van der Waals surface area contributed by atoms with Gasteiger partial charge < -0.3 is 20.6 Å². The van der Waals surface area contributed by atoms with Crippen LogP contribution in [-0.4, -0.2) is 66.5 Å². The summed E-state index contributed by atoms with van der Waals surface area (Å²) in [6.45, 7) is 5.79. The van der Waals surface area contributed by atoms with E-state index in [9.17, 15) is 19.5 Å². The number of hydroxylamine groups is 2. The van der Waals surface area contributed by atoms with Crippen molar-refractivity contribution in [3.63, 3.8) is 0 Å². The molecule has 0 spiro atoms. The second kappa shape index (κ2) is 7.83. The highest BCUT2D eigenvalue weighted by atomic mass is 16.7. The van der Waals surface area contributed by atoms with Crippen LogP contribution in [0.1, 0.15) is 49.7 Å². The van der Waals surface area contributed by atoms with Gasteiger partial charge >= 0.3 is 18.2 Å². The Morgan fingerprint density at radius 1 is 1.28 bits per heavy atom. The molecule has 4 amide bonds. The van der Waals surface area contributed by atoms with Gasteiger partial charge in [-0.1, -0.05) is 30.3 Å². The van der Waals surface area contributed by atoms with Gasteiger partial charge in [0.05, 0.1) is 24.8 Å². The summed E-state index contributed by atoms with van der Waals surface area (Å²) in [6, 6.07) is 7.11. The van der Waals surface area contributed by atoms with Gasteiger partial charge in [0.1, 0.15) is 12.6 Å². The Labute approximate surface area is 184 Å². The van der Waals surface area contributed by atoms with E-state index < -0.39 is 29.7 Å². The van der Waals surface area contributed by atoms with Gasteiger partial charge in [0.2, 0.25) is 0 Å². The van der Waals surface area contributed by atoms with E-state index in [2.05, 4.69) is 5.10 Å². The van der Waals surface area contributed by atoms with Gasteiger partial charge in [0.15, 0.2) is 0 Å². The lowest BCUT2D eigenvalue weighted by Gasteiger charge is -2.38. The number of primary amides is 1. The predicted molar refractivity (Wildman–Crippen MR) is 112 cm³/mol. The summed E-state index contributed by atoms with van der Waals surface area (Å²) in [5.74, 6) is 0. The topological polar surface area (TPSA) is 134 Å². The lowest BCUT2D eigenvalue weighted by Crippen LogP contribution is -2.50. The Morgan fingerprint density at radius 2 is 1.97 bits per heavy atom. The van der Waals surface area contributed by atoms with Crippen LogP contribution in [0, 0.1) is 0 Å². The van der Waals surface area contributed by atoms with Crippen molar-refractivity contribution in [3.05, 3.63) is 53.3 Å². The Kier molecular flexibility index (Phi) is 5.29. The van der Waals surface area contributed by atoms with Gasteiger partial charge in [-0.15, -0.1) is 0 Å². The van der Waals surface area contributed by atoms with E-state index in [1.165, 1.54) is 21.1 Å². The van der Waals surface area contributed by atoms with Crippen LogP contribution >= 0.6 is 0 Å². The summed E-state index contributed by atoms with van der Waals surface area (Å²) in [5.41, 5.74) is 6.66. The predicted octanol–water partition coefficient (Wildman–Crippen LogP) is 2.55. The Morgan fingerprint density at radius 3 is 2.56 bits per heavy atom. The highest BCUT2D eigenvalue weighted by molar-refractivity contribution is 5.79. The second-order valence-electron chi connectivity index (χ2n) is 8.87. The van der Waals surface area contributed by atoms with Gasteiger partial charge in [0, 0.05) is 17.3 Å². The Hall–Kier alpha value is -3.60. The quantitative estimate of drug-likeness (QED) is 0.731. The average Bonchev–Trinajstić information content (AvgIpc) is 3.28. The van der Waals surface area contributed by atoms with E-state index in [1.54, 1.807) is 20.8 Å². The molecule has 0 unspecified atom stereocenters. The monoisotopic (exact) mass is 442 g/mol. The molecule has 11 heteroatoms. The van der Waals surface area contributed by atoms with Gasteiger partial charge in [-0.2, -0.15) is 14.8 Å². The SMILES string of the molecule is CC(C)(C)N(C[C@@H]1c2nn(C(N)=O)cc2[C@H]2CN1C(=O)N2OCc1ccccc1)C(=O)O. The summed E-state index contributed by atoms with van der Waals surface area (Å²) < 4.78 is 1.02. The molecular weight excluding hydrogens is 416 g/mol. The van der Waals surface area contributed by atoms with Crippen molar-refractivity contribution in [2.45, 2.75) is 45.0 Å². The Bertz CT molecular complexity index is 1050. The molecule has 32 heavy (non-hydrogen) atoms. The number of amides is 4. The number of benzene rings is 1. The first-order valence-corrected chi connectivity index (χ1v) is 10.2. The van der Waals surface area contributed by atoms with Crippen LogP contribution in [0.2, 0.25) is 0 Å². The lowest BCUT2D eigenvalue weighted by molar-refractivity contribution is -0.141. The van der Waals surface area contributed by atoms with E-state index in [0.29, 0.717) is 11.3 Å². The fourth-order valence-corrected chi connectivity index (χ4v) is 4.12. The molecule has 2 aliphatic heterocycles. The summed E-state index contributed by atoms with van der Waals surface area (Å²) in [7, 11) is 0. The molecule has 2 aliphatic rings. The van der Waals surface area contributed by atoms with Gasteiger partial charge in [0.25, 0.3) is 0 Å². The number of nitrogens with zero attached hydrogens (tertiary/aromatic N) is 5. The van der Waals surface area contributed by atoms with E-state index in [1.807, 2.05) is 30.3 Å². The number of aromatic nitrogens is 2. The number of fused-ring (bicyclic) bond motifs is 4. The van der Waals surface area contributed by atoms with Gasteiger partial charge in [-0.3, -0.25) is 4.84 Å². The minimum atomic E-state index is -1.11. The fourth-order valence-electron chi connectivity index (χ4n) is 4.12. The molecule has 4 rings (SSSR count). The second-order valence-corrected chi connectivity index (χ2v) is 8.87. The highest BCUT2D eigenvalue weighted by Crippen LogP contribution is 2.44. The molecular formula is C21H26N6O5. The zero-order valence-electron chi connectivity index (χ0n) is 18.1. The maximum atomic E-state index is 13.2. The van der Waals surface area contributed by atoms with Crippen LogP contribution in [0.4, 0.5) is 14.4 Å². The lowest BCUT2D eigenvalue weighted by atomic mass is 9.96. The summed E-state index contributed by atoms with van der Waals surface area (Å²) in [5, 5.41) is 15.3. The number of carbonyl (C=O) groups is 3. The third-order valence-corrected chi connectivity index (χ3v) is 5.75. The smallest absolute Gasteiger partial charge is 0.407 e. The normalized spacial score (nSPS) is 19.8. The van der Waals surface area contributed by atoms with Crippen molar-refractivity contribution in [2.75, 3.05) is 13.1 Å². The first kappa shape index (κ1) is 21.6. The van der Waals surface area contributed by atoms with Crippen molar-refractivity contribution < 1.29 is 24.3 Å². The van der Waals surface area contributed by atoms with E-state index >= 15 is 0 Å². The maximum absolute atomic E-state index is 13.2.